The van der Waals surface area contributed by atoms with Gasteiger partial charge in [0.1, 0.15) is 5.82 Å². The molecule has 3 nitrogen and oxygen atoms in total. The Morgan fingerprint density at radius 1 is 1.31 bits per heavy atom. The zero-order chi connectivity index (χ0) is 11.9. The molecule has 16 heavy (non-hydrogen) atoms. The fourth-order valence-corrected chi connectivity index (χ4v) is 1.92. The molecule has 0 unspecified atom stereocenters. The van der Waals surface area contributed by atoms with Crippen molar-refractivity contribution >= 4 is 17.4 Å². The van der Waals surface area contributed by atoms with Crippen LogP contribution < -0.4 is 5.73 Å². The zero-order valence-electron chi connectivity index (χ0n) is 9.58. The topological polar surface area (TPSA) is 43.8 Å². The molecule has 0 bridgehead atoms. The number of aryl methyl sites for hydroxylation is 2. The molecule has 0 aliphatic heterocycles. The van der Waals surface area contributed by atoms with E-state index in [1.54, 1.807) is 4.68 Å². The van der Waals surface area contributed by atoms with Crippen molar-refractivity contribution in [1.82, 2.24) is 9.78 Å². The minimum Gasteiger partial charge on any atom is -0.384 e. The molecule has 4 heteroatoms. The van der Waals surface area contributed by atoms with Gasteiger partial charge < -0.3 is 5.73 Å². The van der Waals surface area contributed by atoms with Gasteiger partial charge in [-0.2, -0.15) is 5.10 Å². The van der Waals surface area contributed by atoms with E-state index in [0.29, 0.717) is 10.8 Å². The summed E-state index contributed by atoms with van der Waals surface area (Å²) in [5.74, 6) is 0.689. The zero-order valence-corrected chi connectivity index (χ0v) is 10.3. The summed E-state index contributed by atoms with van der Waals surface area (Å²) >= 11 is 6.00. The average Bonchev–Trinajstić information content (AvgIpc) is 2.50. The van der Waals surface area contributed by atoms with E-state index in [-0.39, 0.29) is 0 Å². The van der Waals surface area contributed by atoms with Gasteiger partial charge in [0, 0.05) is 23.2 Å². The Morgan fingerprint density at radius 3 is 2.56 bits per heavy atom. The molecule has 2 N–H and O–H groups in total. The standard InChI is InChI=1S/C12H14ClN3/c1-7-4-5-9(13)6-10(7)11-8(2)12(14)16(3)15-11/h4-6H,14H2,1-3H3. The van der Waals surface area contributed by atoms with Crippen LogP contribution in [0.1, 0.15) is 11.1 Å². The van der Waals surface area contributed by atoms with Gasteiger partial charge in [0.05, 0.1) is 5.69 Å². The molecule has 84 valence electrons. The first kappa shape index (κ1) is 11.0. The number of nitrogen functional groups attached to an aromatic ring is 1. The molecule has 0 spiro atoms. The summed E-state index contributed by atoms with van der Waals surface area (Å²) in [5, 5.41) is 5.13. The van der Waals surface area contributed by atoms with Crippen molar-refractivity contribution in [1.29, 1.82) is 0 Å². The van der Waals surface area contributed by atoms with E-state index in [0.717, 1.165) is 22.4 Å². The largest absolute Gasteiger partial charge is 0.384 e. The second-order valence-corrected chi connectivity index (χ2v) is 4.38. The maximum Gasteiger partial charge on any atom is 0.124 e. The average molecular weight is 236 g/mol. The monoisotopic (exact) mass is 235 g/mol. The second kappa shape index (κ2) is 3.83. The highest BCUT2D eigenvalue weighted by Gasteiger charge is 2.13. The van der Waals surface area contributed by atoms with Crippen LogP contribution in [0.25, 0.3) is 11.3 Å². The van der Waals surface area contributed by atoms with Gasteiger partial charge in [-0.1, -0.05) is 17.7 Å². The van der Waals surface area contributed by atoms with Crippen molar-refractivity contribution in [3.05, 3.63) is 34.3 Å². The summed E-state index contributed by atoms with van der Waals surface area (Å²) in [6.45, 7) is 4.01. The summed E-state index contributed by atoms with van der Waals surface area (Å²) in [6.07, 6.45) is 0. The first-order valence-electron chi connectivity index (χ1n) is 5.06. The minimum atomic E-state index is 0.689. The maximum atomic E-state index is 6.00. The van der Waals surface area contributed by atoms with Crippen LogP contribution >= 0.6 is 11.6 Å². The minimum absolute atomic E-state index is 0.689. The fourth-order valence-electron chi connectivity index (χ4n) is 1.75. The molecule has 0 fully saturated rings. The molecule has 1 heterocycles. The van der Waals surface area contributed by atoms with Gasteiger partial charge in [0.25, 0.3) is 0 Å². The van der Waals surface area contributed by atoms with Crippen LogP contribution in [0.4, 0.5) is 5.82 Å². The normalized spacial score (nSPS) is 10.8. The van der Waals surface area contributed by atoms with E-state index in [1.807, 2.05) is 39.1 Å². The quantitative estimate of drug-likeness (QED) is 0.826. The Labute approximate surface area is 99.8 Å². The lowest BCUT2D eigenvalue weighted by molar-refractivity contribution is 0.782. The first-order valence-corrected chi connectivity index (χ1v) is 5.44. The summed E-state index contributed by atoms with van der Waals surface area (Å²) in [7, 11) is 1.84. The van der Waals surface area contributed by atoms with Gasteiger partial charge in [0.15, 0.2) is 0 Å². The number of rotatable bonds is 1. The van der Waals surface area contributed by atoms with E-state index in [4.69, 9.17) is 17.3 Å². The van der Waals surface area contributed by atoms with E-state index in [1.165, 1.54) is 0 Å². The van der Waals surface area contributed by atoms with Crippen molar-refractivity contribution in [2.75, 3.05) is 5.73 Å². The maximum absolute atomic E-state index is 6.00. The van der Waals surface area contributed by atoms with Crippen LogP contribution in [-0.2, 0) is 7.05 Å². The summed E-state index contributed by atoms with van der Waals surface area (Å²) in [6, 6.07) is 5.79. The molecular weight excluding hydrogens is 222 g/mol. The van der Waals surface area contributed by atoms with Crippen molar-refractivity contribution in [2.24, 2.45) is 7.05 Å². The van der Waals surface area contributed by atoms with Crippen LogP contribution in [0.15, 0.2) is 18.2 Å². The molecule has 0 saturated carbocycles. The molecule has 0 radical (unpaired) electrons. The number of nitrogens with two attached hydrogens (primary N) is 1. The molecule has 1 aromatic heterocycles. The number of benzene rings is 1. The lowest BCUT2D eigenvalue weighted by atomic mass is 10.0. The van der Waals surface area contributed by atoms with Crippen LogP contribution in [0, 0.1) is 13.8 Å². The van der Waals surface area contributed by atoms with Crippen molar-refractivity contribution < 1.29 is 0 Å². The van der Waals surface area contributed by atoms with Gasteiger partial charge in [-0.25, -0.2) is 0 Å². The summed E-state index contributed by atoms with van der Waals surface area (Å²) < 4.78 is 1.69. The van der Waals surface area contributed by atoms with Crippen LogP contribution in [0.3, 0.4) is 0 Å². The Bertz CT molecular complexity index is 543. The smallest absolute Gasteiger partial charge is 0.124 e. The van der Waals surface area contributed by atoms with E-state index in [9.17, 15) is 0 Å². The Kier molecular flexibility index (Phi) is 2.64. The van der Waals surface area contributed by atoms with Crippen LogP contribution in [-0.4, -0.2) is 9.78 Å². The van der Waals surface area contributed by atoms with Gasteiger partial charge in [0.2, 0.25) is 0 Å². The number of hydrogen-bond acceptors (Lipinski definition) is 2. The number of halogens is 1. The Hall–Kier alpha value is -1.48. The third kappa shape index (κ3) is 1.67. The highest BCUT2D eigenvalue weighted by molar-refractivity contribution is 6.30. The van der Waals surface area contributed by atoms with Crippen molar-refractivity contribution in [3.63, 3.8) is 0 Å². The molecule has 0 atom stereocenters. The fraction of sp³-hybridized carbons (Fsp3) is 0.250. The molecule has 2 rings (SSSR count). The molecule has 1 aromatic carbocycles. The van der Waals surface area contributed by atoms with Gasteiger partial charge >= 0.3 is 0 Å². The summed E-state index contributed by atoms with van der Waals surface area (Å²) in [5.41, 5.74) is 9.98. The highest BCUT2D eigenvalue weighted by atomic mass is 35.5. The Morgan fingerprint density at radius 2 is 2.00 bits per heavy atom. The van der Waals surface area contributed by atoms with E-state index in [2.05, 4.69) is 5.10 Å². The highest BCUT2D eigenvalue weighted by Crippen LogP contribution is 2.30. The van der Waals surface area contributed by atoms with E-state index < -0.39 is 0 Å². The van der Waals surface area contributed by atoms with Gasteiger partial charge in [-0.05, 0) is 31.5 Å². The second-order valence-electron chi connectivity index (χ2n) is 3.94. The molecule has 0 aliphatic rings. The predicted molar refractivity (Wildman–Crippen MR) is 67.5 cm³/mol. The van der Waals surface area contributed by atoms with Crippen LogP contribution in [0.2, 0.25) is 5.02 Å². The predicted octanol–water partition coefficient (Wildman–Crippen LogP) is 2.94. The lowest BCUT2D eigenvalue weighted by Crippen LogP contribution is -1.97. The third-order valence-electron chi connectivity index (χ3n) is 2.79. The number of anilines is 1. The van der Waals surface area contributed by atoms with Crippen molar-refractivity contribution in [3.8, 4) is 11.3 Å². The molecule has 0 saturated heterocycles. The molecular formula is C12H14ClN3. The third-order valence-corrected chi connectivity index (χ3v) is 3.03. The SMILES string of the molecule is Cc1ccc(Cl)cc1-c1nn(C)c(N)c1C. The van der Waals surface area contributed by atoms with Gasteiger partial charge in [-0.3, -0.25) is 4.68 Å². The molecule has 2 aromatic rings. The van der Waals surface area contributed by atoms with Gasteiger partial charge in [-0.15, -0.1) is 0 Å². The molecule has 0 aliphatic carbocycles. The number of aromatic nitrogens is 2. The first-order chi connectivity index (χ1) is 7.50. The van der Waals surface area contributed by atoms with Crippen molar-refractivity contribution in [2.45, 2.75) is 13.8 Å². The number of nitrogens with zero attached hydrogens (tertiary/aromatic N) is 2. The number of hydrogen-bond donors (Lipinski definition) is 1. The lowest BCUT2D eigenvalue weighted by Gasteiger charge is -2.04. The summed E-state index contributed by atoms with van der Waals surface area (Å²) in [4.78, 5) is 0. The molecule has 0 amide bonds. The Balaban J connectivity index is 2.67. The van der Waals surface area contributed by atoms with Crippen LogP contribution in [0.5, 0.6) is 0 Å². The van der Waals surface area contributed by atoms with E-state index >= 15 is 0 Å².